The lowest BCUT2D eigenvalue weighted by molar-refractivity contribution is 0.102. The zero-order valence-electron chi connectivity index (χ0n) is 16.2. The molecule has 0 aliphatic carbocycles. The number of hydrogen-bond donors (Lipinski definition) is 2. The lowest BCUT2D eigenvalue weighted by atomic mass is 10.2. The zero-order chi connectivity index (χ0) is 20.9. The summed E-state index contributed by atoms with van der Waals surface area (Å²) < 4.78 is 33.8. The van der Waals surface area contributed by atoms with E-state index in [9.17, 15) is 13.2 Å². The van der Waals surface area contributed by atoms with Gasteiger partial charge in [0.25, 0.3) is 15.9 Å². The van der Waals surface area contributed by atoms with Crippen LogP contribution in [0.2, 0.25) is 0 Å². The van der Waals surface area contributed by atoms with E-state index in [0.29, 0.717) is 23.6 Å². The molecule has 7 heteroatoms. The lowest BCUT2D eigenvalue weighted by Crippen LogP contribution is -2.16. The number of hydrogen-bond acceptors (Lipinski definition) is 4. The van der Waals surface area contributed by atoms with E-state index in [0.717, 1.165) is 5.56 Å². The van der Waals surface area contributed by atoms with E-state index in [-0.39, 0.29) is 16.5 Å². The lowest BCUT2D eigenvalue weighted by Gasteiger charge is -2.14. The van der Waals surface area contributed by atoms with Crippen LogP contribution in [0.3, 0.4) is 0 Å². The van der Waals surface area contributed by atoms with E-state index in [4.69, 9.17) is 4.74 Å². The van der Waals surface area contributed by atoms with Gasteiger partial charge < -0.3 is 10.1 Å². The summed E-state index contributed by atoms with van der Waals surface area (Å²) >= 11 is 0. The van der Waals surface area contributed by atoms with Crippen LogP contribution in [-0.4, -0.2) is 20.9 Å². The van der Waals surface area contributed by atoms with Gasteiger partial charge in [-0.1, -0.05) is 30.3 Å². The number of carbonyl (C=O) groups is 1. The van der Waals surface area contributed by atoms with Crippen LogP contribution in [0.5, 0.6) is 5.75 Å². The molecular formula is C22H22N2O4S. The topological polar surface area (TPSA) is 84.5 Å². The molecule has 2 N–H and O–H groups in total. The maximum Gasteiger partial charge on any atom is 0.261 e. The van der Waals surface area contributed by atoms with E-state index in [2.05, 4.69) is 10.0 Å². The van der Waals surface area contributed by atoms with Gasteiger partial charge in [-0.05, 0) is 61.9 Å². The molecule has 0 radical (unpaired) electrons. The van der Waals surface area contributed by atoms with Crippen molar-refractivity contribution in [1.29, 1.82) is 0 Å². The third kappa shape index (κ3) is 5.14. The monoisotopic (exact) mass is 410 g/mol. The van der Waals surface area contributed by atoms with Gasteiger partial charge in [-0.25, -0.2) is 8.42 Å². The highest BCUT2D eigenvalue weighted by atomic mass is 32.2. The minimum atomic E-state index is -3.84. The molecule has 0 atom stereocenters. The van der Waals surface area contributed by atoms with E-state index in [1.807, 2.05) is 26.0 Å². The van der Waals surface area contributed by atoms with Crippen molar-refractivity contribution in [1.82, 2.24) is 0 Å². The molecule has 0 spiro atoms. The average Bonchev–Trinajstić information content (AvgIpc) is 2.69. The Morgan fingerprint density at radius 2 is 1.72 bits per heavy atom. The highest BCUT2D eigenvalue weighted by molar-refractivity contribution is 7.92. The van der Waals surface area contributed by atoms with Crippen molar-refractivity contribution in [3.05, 3.63) is 83.9 Å². The SMILES string of the molecule is CCOc1ccc(S(=O)(=O)Nc2cccc(C)c2)cc1NC(=O)c1ccccc1. The van der Waals surface area contributed by atoms with Crippen molar-refractivity contribution in [2.45, 2.75) is 18.7 Å². The fourth-order valence-electron chi connectivity index (χ4n) is 2.76. The molecule has 3 aromatic carbocycles. The first-order valence-electron chi connectivity index (χ1n) is 9.12. The largest absolute Gasteiger partial charge is 0.492 e. The first-order chi connectivity index (χ1) is 13.9. The standard InChI is InChI=1S/C22H22N2O4S/c1-3-28-21-13-12-19(29(26,27)24-18-11-7-8-16(2)14-18)15-20(21)23-22(25)17-9-5-4-6-10-17/h4-15,24H,3H2,1-2H3,(H,23,25). The summed E-state index contributed by atoms with van der Waals surface area (Å²) in [5.74, 6) is 0.0408. The quantitative estimate of drug-likeness (QED) is 0.603. The van der Waals surface area contributed by atoms with Crippen molar-refractivity contribution in [3.8, 4) is 5.75 Å². The highest BCUT2D eigenvalue weighted by Gasteiger charge is 2.18. The van der Waals surface area contributed by atoms with Crippen LogP contribution < -0.4 is 14.8 Å². The highest BCUT2D eigenvalue weighted by Crippen LogP contribution is 2.29. The number of anilines is 2. The summed E-state index contributed by atoms with van der Waals surface area (Å²) in [4.78, 5) is 12.5. The minimum absolute atomic E-state index is 0.0193. The molecule has 0 bridgehead atoms. The molecule has 6 nitrogen and oxygen atoms in total. The second-order valence-corrected chi connectivity index (χ2v) is 8.07. The Morgan fingerprint density at radius 3 is 2.41 bits per heavy atom. The molecule has 0 aromatic heterocycles. The second kappa shape index (κ2) is 8.79. The summed E-state index contributed by atoms with van der Waals surface area (Å²) in [6.45, 7) is 4.07. The Bertz CT molecular complexity index is 1110. The molecule has 0 heterocycles. The zero-order valence-corrected chi connectivity index (χ0v) is 17.0. The number of sulfonamides is 1. The number of rotatable bonds is 7. The van der Waals surface area contributed by atoms with Gasteiger partial charge in [-0.15, -0.1) is 0 Å². The molecular weight excluding hydrogens is 388 g/mol. The second-order valence-electron chi connectivity index (χ2n) is 6.39. The van der Waals surface area contributed by atoms with E-state index < -0.39 is 10.0 Å². The van der Waals surface area contributed by atoms with Crippen LogP contribution in [-0.2, 0) is 10.0 Å². The van der Waals surface area contributed by atoms with Crippen molar-refractivity contribution < 1.29 is 17.9 Å². The Balaban J connectivity index is 1.92. The minimum Gasteiger partial charge on any atom is -0.492 e. The van der Waals surface area contributed by atoms with Crippen LogP contribution in [0.1, 0.15) is 22.8 Å². The van der Waals surface area contributed by atoms with Gasteiger partial charge in [-0.2, -0.15) is 0 Å². The van der Waals surface area contributed by atoms with Crippen LogP contribution in [0, 0.1) is 6.92 Å². The van der Waals surface area contributed by atoms with Gasteiger partial charge in [0.1, 0.15) is 5.75 Å². The van der Waals surface area contributed by atoms with E-state index in [1.165, 1.54) is 18.2 Å². The van der Waals surface area contributed by atoms with Gasteiger partial charge in [0.05, 0.1) is 17.2 Å². The van der Waals surface area contributed by atoms with Crippen molar-refractivity contribution in [3.63, 3.8) is 0 Å². The molecule has 0 saturated heterocycles. The van der Waals surface area contributed by atoms with Gasteiger partial charge in [0, 0.05) is 11.3 Å². The van der Waals surface area contributed by atoms with Gasteiger partial charge in [0.15, 0.2) is 0 Å². The summed E-state index contributed by atoms with van der Waals surface area (Å²) in [5.41, 5.74) is 2.15. The van der Waals surface area contributed by atoms with Crippen molar-refractivity contribution in [2.75, 3.05) is 16.6 Å². The van der Waals surface area contributed by atoms with Crippen LogP contribution in [0.4, 0.5) is 11.4 Å². The normalized spacial score (nSPS) is 11.0. The van der Waals surface area contributed by atoms with Gasteiger partial charge in [-0.3, -0.25) is 9.52 Å². The molecule has 0 fully saturated rings. The summed E-state index contributed by atoms with van der Waals surface area (Å²) in [7, 11) is -3.84. The maximum absolute atomic E-state index is 12.8. The number of benzene rings is 3. The van der Waals surface area contributed by atoms with Crippen LogP contribution >= 0.6 is 0 Å². The number of nitrogens with one attached hydrogen (secondary N) is 2. The van der Waals surface area contributed by atoms with Crippen LogP contribution in [0.25, 0.3) is 0 Å². The summed E-state index contributed by atoms with van der Waals surface area (Å²) in [5, 5.41) is 2.74. The maximum atomic E-state index is 12.8. The predicted molar refractivity (Wildman–Crippen MR) is 114 cm³/mol. The van der Waals surface area contributed by atoms with Crippen molar-refractivity contribution >= 4 is 27.3 Å². The average molecular weight is 410 g/mol. The van der Waals surface area contributed by atoms with Gasteiger partial charge in [0.2, 0.25) is 0 Å². The number of amides is 1. The molecule has 29 heavy (non-hydrogen) atoms. The molecule has 1 amide bonds. The van der Waals surface area contributed by atoms with Crippen LogP contribution in [0.15, 0.2) is 77.7 Å². The molecule has 3 rings (SSSR count). The van der Waals surface area contributed by atoms with E-state index >= 15 is 0 Å². The number of aryl methyl sites for hydroxylation is 1. The number of ether oxygens (including phenoxy) is 1. The first-order valence-corrected chi connectivity index (χ1v) is 10.6. The predicted octanol–water partition coefficient (Wildman–Crippen LogP) is 4.45. The summed E-state index contributed by atoms with van der Waals surface area (Å²) in [6, 6.07) is 20.1. The fourth-order valence-corrected chi connectivity index (χ4v) is 3.84. The van der Waals surface area contributed by atoms with E-state index in [1.54, 1.807) is 42.5 Å². The Labute approximate surface area is 170 Å². The van der Waals surface area contributed by atoms with Gasteiger partial charge >= 0.3 is 0 Å². The molecule has 0 aliphatic rings. The molecule has 0 saturated carbocycles. The fraction of sp³-hybridized carbons (Fsp3) is 0.136. The van der Waals surface area contributed by atoms with Crippen molar-refractivity contribution in [2.24, 2.45) is 0 Å². The molecule has 0 aliphatic heterocycles. The Morgan fingerprint density at radius 1 is 0.966 bits per heavy atom. The Hall–Kier alpha value is -3.32. The molecule has 150 valence electrons. The number of carbonyl (C=O) groups excluding carboxylic acids is 1. The third-order valence-electron chi connectivity index (χ3n) is 4.12. The Kier molecular flexibility index (Phi) is 6.19. The molecule has 3 aromatic rings. The first kappa shape index (κ1) is 20.4. The molecule has 0 unspecified atom stereocenters. The smallest absolute Gasteiger partial charge is 0.261 e. The summed E-state index contributed by atoms with van der Waals surface area (Å²) in [6.07, 6.45) is 0. The third-order valence-corrected chi connectivity index (χ3v) is 5.49.